The number of carbonyl (C=O) groups excluding carboxylic acids is 2. The molecule has 0 amide bonds. The average molecular weight is 472 g/mol. The summed E-state index contributed by atoms with van der Waals surface area (Å²) in [7, 11) is -5.16. The molecule has 0 aromatic rings. The number of aliphatic hydroxyl groups excluding tert-OH is 1. The number of allylic oxidation sites excluding steroid dienone is 4. The van der Waals surface area contributed by atoms with E-state index in [1.165, 1.54) is 6.08 Å². The Bertz CT molecular complexity index is 971. The number of halogens is 1. The van der Waals surface area contributed by atoms with Gasteiger partial charge in [0.2, 0.25) is 12.1 Å². The molecule has 10 heteroatoms. The second-order valence-electron chi connectivity index (χ2n) is 10.3. The highest BCUT2D eigenvalue weighted by Gasteiger charge is 2.69. The molecule has 4 aliphatic carbocycles. The van der Waals surface area contributed by atoms with Crippen LogP contribution >= 0.6 is 7.82 Å². The van der Waals surface area contributed by atoms with Crippen molar-refractivity contribution < 1.29 is 43.1 Å². The maximum Gasteiger partial charge on any atom is 0.472 e. The van der Waals surface area contributed by atoms with Crippen molar-refractivity contribution in [3.05, 3.63) is 23.3 Å². The molecule has 0 aromatic carbocycles. The summed E-state index contributed by atoms with van der Waals surface area (Å²) in [5.41, 5.74) is -2.25. The summed E-state index contributed by atoms with van der Waals surface area (Å²) < 4.78 is 30.6. The minimum Gasteiger partial charge on any atom is -0.381 e. The first kappa shape index (κ1) is 23.9. The smallest absolute Gasteiger partial charge is 0.381 e. The maximum atomic E-state index is 15.3. The maximum absolute atomic E-state index is 15.3. The molecule has 0 spiro atoms. The summed E-state index contributed by atoms with van der Waals surface area (Å²) in [4.78, 5) is 43.0. The molecule has 4 aliphatic rings. The number of ketones is 2. The SMILES string of the molecule is C[C@H]1CC2C3C[C@H](F)C4=CC(=O)CC[C@]4(C)C3=CC[C@]2(C)[C@@]1(O)C(=O)C(O)OP(=O)(O)O. The van der Waals surface area contributed by atoms with E-state index in [2.05, 4.69) is 4.52 Å². The zero-order chi connectivity index (χ0) is 23.9. The second-order valence-corrected chi connectivity index (χ2v) is 11.5. The summed E-state index contributed by atoms with van der Waals surface area (Å²) in [6.07, 6.45) is 1.21. The molecular formula is C22H30FO8P. The highest BCUT2D eigenvalue weighted by molar-refractivity contribution is 7.46. The molecule has 0 aliphatic heterocycles. The van der Waals surface area contributed by atoms with E-state index in [1.54, 1.807) is 13.8 Å². The topological polar surface area (TPSA) is 141 Å². The van der Waals surface area contributed by atoms with Crippen molar-refractivity contribution >= 4 is 19.4 Å². The van der Waals surface area contributed by atoms with Crippen molar-refractivity contribution in [2.24, 2.45) is 28.6 Å². The second kappa shape index (κ2) is 7.39. The fourth-order valence-electron chi connectivity index (χ4n) is 7.10. The Kier molecular flexibility index (Phi) is 5.52. The first-order valence-electron chi connectivity index (χ1n) is 10.9. The number of fused-ring (bicyclic) bond motifs is 5. The van der Waals surface area contributed by atoms with E-state index in [0.29, 0.717) is 24.8 Å². The Balaban J connectivity index is 1.74. The van der Waals surface area contributed by atoms with Crippen LogP contribution < -0.4 is 0 Å². The van der Waals surface area contributed by atoms with Crippen molar-refractivity contribution in [2.45, 2.75) is 70.9 Å². The van der Waals surface area contributed by atoms with E-state index in [-0.39, 0.29) is 30.5 Å². The number of aliphatic hydroxyl groups is 2. The van der Waals surface area contributed by atoms with Gasteiger partial charge in [-0.05, 0) is 55.1 Å². The Morgan fingerprint density at radius 3 is 2.56 bits per heavy atom. The van der Waals surface area contributed by atoms with E-state index >= 15 is 4.39 Å². The van der Waals surface area contributed by atoms with Crippen LogP contribution in [-0.2, 0) is 18.7 Å². The number of Topliss-reactive ketones (excluding diaryl/α,β-unsaturated/α-hetero) is 1. The van der Waals surface area contributed by atoms with Gasteiger partial charge in [-0.3, -0.25) is 9.59 Å². The van der Waals surface area contributed by atoms with E-state index in [0.717, 1.165) is 5.57 Å². The number of rotatable bonds is 4. The van der Waals surface area contributed by atoms with Gasteiger partial charge in [0.1, 0.15) is 11.8 Å². The minimum absolute atomic E-state index is 0.0756. The predicted molar refractivity (Wildman–Crippen MR) is 111 cm³/mol. The van der Waals surface area contributed by atoms with Crippen LogP contribution in [0.1, 0.15) is 52.9 Å². The van der Waals surface area contributed by atoms with Gasteiger partial charge < -0.3 is 20.0 Å². The van der Waals surface area contributed by atoms with Crippen molar-refractivity contribution in [1.82, 2.24) is 0 Å². The molecule has 8 atom stereocenters. The number of alkyl halides is 1. The zero-order valence-corrected chi connectivity index (χ0v) is 19.2. The van der Waals surface area contributed by atoms with Crippen molar-refractivity contribution in [1.29, 1.82) is 0 Å². The van der Waals surface area contributed by atoms with Gasteiger partial charge in [-0.1, -0.05) is 32.4 Å². The Morgan fingerprint density at radius 2 is 1.94 bits per heavy atom. The van der Waals surface area contributed by atoms with Gasteiger partial charge >= 0.3 is 7.82 Å². The molecule has 2 saturated carbocycles. The highest BCUT2D eigenvalue weighted by Crippen LogP contribution is 2.67. The quantitative estimate of drug-likeness (QED) is 0.278. The van der Waals surface area contributed by atoms with Crippen LogP contribution in [0.3, 0.4) is 0 Å². The summed E-state index contributed by atoms with van der Waals surface area (Å²) in [5.74, 6) is -2.47. The van der Waals surface area contributed by atoms with Gasteiger partial charge in [0.05, 0.1) is 0 Å². The van der Waals surface area contributed by atoms with Crippen LogP contribution in [0.25, 0.3) is 0 Å². The monoisotopic (exact) mass is 472 g/mol. The number of carbonyl (C=O) groups is 2. The van der Waals surface area contributed by atoms with Crippen molar-refractivity contribution in [3.63, 3.8) is 0 Å². The fourth-order valence-corrected chi connectivity index (χ4v) is 7.45. The largest absolute Gasteiger partial charge is 0.472 e. The lowest BCUT2D eigenvalue weighted by Crippen LogP contribution is -2.60. The fraction of sp³-hybridized carbons (Fsp3) is 0.727. The van der Waals surface area contributed by atoms with Gasteiger partial charge in [0.15, 0.2) is 5.78 Å². The normalized spacial score (nSPS) is 44.7. The molecule has 0 radical (unpaired) electrons. The molecule has 0 saturated heterocycles. The number of phosphoric acid groups is 1. The molecule has 0 aromatic heterocycles. The molecule has 32 heavy (non-hydrogen) atoms. The average Bonchev–Trinajstić information content (AvgIpc) is 2.89. The predicted octanol–water partition coefficient (Wildman–Crippen LogP) is 2.36. The first-order valence-corrected chi connectivity index (χ1v) is 12.5. The van der Waals surface area contributed by atoms with Gasteiger partial charge in [0.25, 0.3) is 0 Å². The Hall–Kier alpha value is -1.22. The third-order valence-electron chi connectivity index (χ3n) is 8.74. The van der Waals surface area contributed by atoms with Crippen molar-refractivity contribution in [2.75, 3.05) is 0 Å². The van der Waals surface area contributed by atoms with Crippen LogP contribution in [0, 0.1) is 28.6 Å². The third kappa shape index (κ3) is 3.24. The lowest BCUT2D eigenvalue weighted by molar-refractivity contribution is -0.182. The van der Waals surface area contributed by atoms with Gasteiger partial charge in [0, 0.05) is 17.3 Å². The molecule has 0 heterocycles. The van der Waals surface area contributed by atoms with Crippen LogP contribution in [0.4, 0.5) is 4.39 Å². The number of phosphoric ester groups is 1. The lowest BCUT2D eigenvalue weighted by atomic mass is 9.50. The third-order valence-corrected chi connectivity index (χ3v) is 9.21. The summed E-state index contributed by atoms with van der Waals surface area (Å²) in [6.45, 7) is 5.31. The molecule has 4 rings (SSSR count). The van der Waals surface area contributed by atoms with Crippen LogP contribution in [0.15, 0.2) is 23.3 Å². The molecular weight excluding hydrogens is 442 g/mol. The van der Waals surface area contributed by atoms with Crippen LogP contribution in [-0.4, -0.2) is 49.6 Å². The van der Waals surface area contributed by atoms with E-state index in [1.807, 2.05) is 13.0 Å². The van der Waals surface area contributed by atoms with Crippen LogP contribution in [0.2, 0.25) is 0 Å². The Morgan fingerprint density at radius 1 is 1.28 bits per heavy atom. The molecule has 0 bridgehead atoms. The molecule has 8 nitrogen and oxygen atoms in total. The van der Waals surface area contributed by atoms with E-state index in [4.69, 9.17) is 9.79 Å². The molecule has 4 N–H and O–H groups in total. The van der Waals surface area contributed by atoms with Gasteiger partial charge in [-0.2, -0.15) is 0 Å². The first-order chi connectivity index (χ1) is 14.6. The molecule has 3 unspecified atom stereocenters. The minimum atomic E-state index is -5.16. The van der Waals surface area contributed by atoms with E-state index < -0.39 is 48.4 Å². The van der Waals surface area contributed by atoms with Crippen molar-refractivity contribution in [3.8, 4) is 0 Å². The lowest BCUT2D eigenvalue weighted by Gasteiger charge is -2.55. The molecule has 2 fully saturated rings. The standard InChI is InChI=1S/C22H30FO8P/c1-11-8-15-13-10-17(23)16-9-12(24)4-6-20(16,2)14(13)5-7-21(15,3)22(11,27)18(25)19(26)31-32(28,29)30/h5,9,11,13,15,17,19,26-27H,4,6-8,10H2,1-3H3,(H2,28,29,30)/t11-,13?,15?,17-,19?,20+,21-,22-/m0/s1. The number of hydrogen-bond acceptors (Lipinski definition) is 6. The summed E-state index contributed by atoms with van der Waals surface area (Å²) >= 11 is 0. The zero-order valence-electron chi connectivity index (χ0n) is 18.3. The van der Waals surface area contributed by atoms with E-state index in [9.17, 15) is 24.4 Å². The summed E-state index contributed by atoms with van der Waals surface area (Å²) in [5, 5.41) is 21.7. The van der Waals surface area contributed by atoms with Gasteiger partial charge in [-0.25, -0.2) is 13.5 Å². The Labute approximate surface area is 185 Å². The highest BCUT2D eigenvalue weighted by atomic mass is 31.2. The van der Waals surface area contributed by atoms with Crippen LogP contribution in [0.5, 0.6) is 0 Å². The number of hydrogen-bond donors (Lipinski definition) is 4. The molecule has 178 valence electrons. The van der Waals surface area contributed by atoms with Gasteiger partial charge in [-0.15, -0.1) is 0 Å². The summed E-state index contributed by atoms with van der Waals surface area (Å²) in [6, 6.07) is 0.